The van der Waals surface area contributed by atoms with Gasteiger partial charge in [0.15, 0.2) is 0 Å². The Morgan fingerprint density at radius 1 is 1.24 bits per heavy atom. The van der Waals surface area contributed by atoms with Gasteiger partial charge in [-0.1, -0.05) is 25.5 Å². The summed E-state index contributed by atoms with van der Waals surface area (Å²) in [4.78, 5) is 12.4. The summed E-state index contributed by atoms with van der Waals surface area (Å²) < 4.78 is 5.73. The van der Waals surface area contributed by atoms with Crippen LogP contribution < -0.4 is 4.74 Å². The van der Waals surface area contributed by atoms with Crippen LogP contribution in [-0.4, -0.2) is 11.1 Å². The first-order chi connectivity index (χ1) is 10.2. The van der Waals surface area contributed by atoms with E-state index in [1.807, 2.05) is 24.3 Å². The zero-order valence-corrected chi connectivity index (χ0v) is 12.7. The largest absolute Gasteiger partial charge is 0.488 e. The molecule has 0 saturated heterocycles. The lowest BCUT2D eigenvalue weighted by molar-refractivity contribution is -0.131. The van der Waals surface area contributed by atoms with E-state index in [1.165, 1.54) is 16.9 Å². The summed E-state index contributed by atoms with van der Waals surface area (Å²) in [7, 11) is 0. The van der Waals surface area contributed by atoms with E-state index >= 15 is 0 Å². The Kier molecular flexibility index (Phi) is 5.58. The molecule has 1 aromatic heterocycles. The number of rotatable bonds is 7. The summed E-state index contributed by atoms with van der Waals surface area (Å²) in [5, 5.41) is 8.59. The molecule has 0 aliphatic heterocycles. The van der Waals surface area contributed by atoms with Crippen molar-refractivity contribution in [3.05, 3.63) is 57.8 Å². The molecule has 0 aliphatic carbocycles. The predicted octanol–water partition coefficient (Wildman–Crippen LogP) is 4.38. The molecule has 4 heteroatoms. The maximum absolute atomic E-state index is 10.5. The van der Waals surface area contributed by atoms with Gasteiger partial charge in [0.2, 0.25) is 0 Å². The number of aliphatic carboxylic acids is 1. The van der Waals surface area contributed by atoms with Gasteiger partial charge in [0.1, 0.15) is 12.4 Å². The Balaban J connectivity index is 1.89. The van der Waals surface area contributed by atoms with Crippen molar-refractivity contribution in [3.8, 4) is 5.75 Å². The molecule has 0 atom stereocenters. The molecule has 3 nitrogen and oxygen atoms in total. The SMILES string of the molecule is CCCc1ccc(OCc2ccc(C=CC(=O)O)s2)cc1. The molecule has 1 aromatic carbocycles. The number of carbonyl (C=O) groups is 1. The minimum Gasteiger partial charge on any atom is -0.488 e. The number of benzene rings is 1. The highest BCUT2D eigenvalue weighted by atomic mass is 32.1. The number of carboxylic acids is 1. The maximum Gasteiger partial charge on any atom is 0.328 e. The molecule has 0 saturated carbocycles. The molecule has 0 unspecified atom stereocenters. The van der Waals surface area contributed by atoms with Crippen LogP contribution in [0.25, 0.3) is 6.08 Å². The second-order valence-corrected chi connectivity index (χ2v) is 5.86. The van der Waals surface area contributed by atoms with Crippen LogP contribution in [0, 0.1) is 0 Å². The fourth-order valence-electron chi connectivity index (χ4n) is 1.91. The van der Waals surface area contributed by atoms with E-state index < -0.39 is 5.97 Å². The van der Waals surface area contributed by atoms with Crippen molar-refractivity contribution in [2.75, 3.05) is 0 Å². The van der Waals surface area contributed by atoms with Crippen LogP contribution in [0.4, 0.5) is 0 Å². The van der Waals surface area contributed by atoms with Crippen LogP contribution in [-0.2, 0) is 17.8 Å². The topological polar surface area (TPSA) is 46.5 Å². The first kappa shape index (κ1) is 15.3. The molecule has 0 spiro atoms. The van der Waals surface area contributed by atoms with Gasteiger partial charge in [-0.15, -0.1) is 11.3 Å². The smallest absolute Gasteiger partial charge is 0.328 e. The number of aryl methyl sites for hydroxylation is 1. The van der Waals surface area contributed by atoms with Gasteiger partial charge in [0.05, 0.1) is 0 Å². The van der Waals surface area contributed by atoms with Crippen LogP contribution in [0.3, 0.4) is 0 Å². The van der Waals surface area contributed by atoms with Gasteiger partial charge in [0, 0.05) is 15.8 Å². The van der Waals surface area contributed by atoms with Crippen LogP contribution in [0.5, 0.6) is 5.75 Å². The van der Waals surface area contributed by atoms with Gasteiger partial charge in [0.25, 0.3) is 0 Å². The number of hydrogen-bond donors (Lipinski definition) is 1. The maximum atomic E-state index is 10.5. The van der Waals surface area contributed by atoms with Gasteiger partial charge in [-0.2, -0.15) is 0 Å². The Hall–Kier alpha value is -2.07. The van der Waals surface area contributed by atoms with Crippen molar-refractivity contribution in [1.29, 1.82) is 0 Å². The standard InChI is InChI=1S/C17H18O3S/c1-2-3-13-4-6-14(7-5-13)20-12-16-9-8-15(21-16)10-11-17(18)19/h4-11H,2-3,12H2,1H3,(H,18,19). The zero-order valence-electron chi connectivity index (χ0n) is 11.9. The summed E-state index contributed by atoms with van der Waals surface area (Å²) in [5.74, 6) is -0.0840. The predicted molar refractivity (Wildman–Crippen MR) is 85.8 cm³/mol. The quantitative estimate of drug-likeness (QED) is 0.772. The van der Waals surface area contributed by atoms with Crippen molar-refractivity contribution in [1.82, 2.24) is 0 Å². The molecule has 21 heavy (non-hydrogen) atoms. The molecule has 0 fully saturated rings. The monoisotopic (exact) mass is 302 g/mol. The summed E-state index contributed by atoms with van der Waals surface area (Å²) in [6.45, 7) is 2.66. The molecule has 0 amide bonds. The third-order valence-corrected chi connectivity index (χ3v) is 3.94. The average molecular weight is 302 g/mol. The van der Waals surface area contributed by atoms with E-state index in [0.717, 1.165) is 34.4 Å². The van der Waals surface area contributed by atoms with E-state index in [0.29, 0.717) is 6.61 Å². The Morgan fingerprint density at radius 3 is 2.67 bits per heavy atom. The second-order valence-electron chi connectivity index (χ2n) is 4.66. The first-order valence-electron chi connectivity index (χ1n) is 6.89. The number of thiophene rings is 1. The second kappa shape index (κ2) is 7.64. The highest BCUT2D eigenvalue weighted by molar-refractivity contribution is 7.12. The fourth-order valence-corrected chi connectivity index (χ4v) is 2.74. The molecular weight excluding hydrogens is 284 g/mol. The normalized spacial score (nSPS) is 10.9. The molecule has 2 rings (SSSR count). The molecule has 110 valence electrons. The van der Waals surface area contributed by atoms with E-state index in [-0.39, 0.29) is 0 Å². The number of hydrogen-bond acceptors (Lipinski definition) is 3. The van der Waals surface area contributed by atoms with E-state index in [2.05, 4.69) is 19.1 Å². The fraction of sp³-hybridized carbons (Fsp3) is 0.235. The van der Waals surface area contributed by atoms with Gasteiger partial charge in [-0.05, 0) is 42.3 Å². The first-order valence-corrected chi connectivity index (χ1v) is 7.70. The van der Waals surface area contributed by atoms with Gasteiger partial charge in [-0.3, -0.25) is 0 Å². The Labute approximate surface area is 128 Å². The highest BCUT2D eigenvalue weighted by Gasteiger charge is 2.00. The van der Waals surface area contributed by atoms with Crippen molar-refractivity contribution in [2.24, 2.45) is 0 Å². The third kappa shape index (κ3) is 5.08. The summed E-state index contributed by atoms with van der Waals surface area (Å²) >= 11 is 1.53. The van der Waals surface area contributed by atoms with E-state index in [9.17, 15) is 4.79 Å². The molecule has 1 N–H and O–H groups in total. The van der Waals surface area contributed by atoms with E-state index in [1.54, 1.807) is 6.08 Å². The van der Waals surface area contributed by atoms with Crippen molar-refractivity contribution in [3.63, 3.8) is 0 Å². The Morgan fingerprint density at radius 2 is 2.00 bits per heavy atom. The lowest BCUT2D eigenvalue weighted by Gasteiger charge is -2.05. The highest BCUT2D eigenvalue weighted by Crippen LogP contribution is 2.21. The van der Waals surface area contributed by atoms with Crippen LogP contribution >= 0.6 is 11.3 Å². The molecular formula is C17H18O3S. The molecule has 1 heterocycles. The molecule has 2 aromatic rings. The Bertz CT molecular complexity index is 611. The number of ether oxygens (including phenoxy) is 1. The van der Waals surface area contributed by atoms with Crippen molar-refractivity contribution in [2.45, 2.75) is 26.4 Å². The molecule has 0 radical (unpaired) electrons. The molecule has 0 aliphatic rings. The minimum atomic E-state index is -0.937. The zero-order chi connectivity index (χ0) is 15.1. The lowest BCUT2D eigenvalue weighted by Crippen LogP contribution is -1.93. The van der Waals surface area contributed by atoms with Gasteiger partial charge >= 0.3 is 5.97 Å². The van der Waals surface area contributed by atoms with Crippen molar-refractivity contribution < 1.29 is 14.6 Å². The number of carboxylic acid groups (broad SMARTS) is 1. The van der Waals surface area contributed by atoms with E-state index in [4.69, 9.17) is 9.84 Å². The average Bonchev–Trinajstić information content (AvgIpc) is 2.93. The summed E-state index contributed by atoms with van der Waals surface area (Å²) in [6.07, 6.45) is 4.96. The van der Waals surface area contributed by atoms with Crippen molar-refractivity contribution >= 4 is 23.4 Å². The molecule has 0 bridgehead atoms. The lowest BCUT2D eigenvalue weighted by atomic mass is 10.1. The van der Waals surface area contributed by atoms with Crippen LogP contribution in [0.1, 0.15) is 28.7 Å². The summed E-state index contributed by atoms with van der Waals surface area (Å²) in [6, 6.07) is 12.0. The van der Waals surface area contributed by atoms with Crippen LogP contribution in [0.15, 0.2) is 42.5 Å². The van der Waals surface area contributed by atoms with Crippen LogP contribution in [0.2, 0.25) is 0 Å². The third-order valence-electron chi connectivity index (χ3n) is 2.92. The van der Waals surface area contributed by atoms with Gasteiger partial charge in [-0.25, -0.2) is 4.79 Å². The summed E-state index contributed by atoms with van der Waals surface area (Å²) in [5.41, 5.74) is 1.32. The minimum absolute atomic E-state index is 0.499. The van der Waals surface area contributed by atoms with Gasteiger partial charge < -0.3 is 9.84 Å².